The maximum absolute atomic E-state index is 13.0. The lowest BCUT2D eigenvalue weighted by Gasteiger charge is -2.10. The summed E-state index contributed by atoms with van der Waals surface area (Å²) in [4.78, 5) is 13.0. The molecule has 1 heterocycles. The molecule has 0 fully saturated rings. The second-order valence-corrected chi connectivity index (χ2v) is 7.92. The Morgan fingerprint density at radius 1 is 0.966 bits per heavy atom. The standard InChI is InChI=1S/C23H18BrN3OS/c1-16(21(28)17-9-4-2-5-10-17)27-23(29)26(20-13-6-3-7-14-20)22(25-27)18-11-8-12-19(24)15-18/h2-16H,1H3/t16-/m0/s1. The van der Waals surface area contributed by atoms with Gasteiger partial charge in [0.1, 0.15) is 6.04 Å². The van der Waals surface area contributed by atoms with Crippen molar-refractivity contribution in [3.05, 3.63) is 99.7 Å². The Labute approximate surface area is 182 Å². The molecule has 0 radical (unpaired) electrons. The van der Waals surface area contributed by atoms with Gasteiger partial charge in [0.2, 0.25) is 4.77 Å². The number of halogens is 1. The molecule has 144 valence electrons. The maximum atomic E-state index is 13.0. The molecule has 0 spiro atoms. The molecule has 1 aromatic heterocycles. The Morgan fingerprint density at radius 2 is 1.62 bits per heavy atom. The summed E-state index contributed by atoms with van der Waals surface area (Å²) in [5, 5.41) is 4.78. The van der Waals surface area contributed by atoms with Crippen molar-refractivity contribution in [3.63, 3.8) is 0 Å². The van der Waals surface area contributed by atoms with E-state index in [1.165, 1.54) is 0 Å². The summed E-state index contributed by atoms with van der Waals surface area (Å²) < 4.78 is 4.96. The van der Waals surface area contributed by atoms with Crippen LogP contribution in [0.3, 0.4) is 0 Å². The van der Waals surface area contributed by atoms with Crippen LogP contribution in [0.4, 0.5) is 0 Å². The first kappa shape index (κ1) is 19.5. The average Bonchev–Trinajstić information content (AvgIpc) is 3.11. The molecule has 4 aromatic rings. The van der Waals surface area contributed by atoms with Crippen LogP contribution in [0, 0.1) is 4.77 Å². The van der Waals surface area contributed by atoms with Gasteiger partial charge in [0.15, 0.2) is 11.6 Å². The van der Waals surface area contributed by atoms with E-state index in [1.807, 2.05) is 96.4 Å². The third kappa shape index (κ3) is 3.86. The number of carbonyl (C=O) groups excluding carboxylic acids is 1. The van der Waals surface area contributed by atoms with E-state index in [2.05, 4.69) is 15.9 Å². The highest BCUT2D eigenvalue weighted by molar-refractivity contribution is 9.10. The number of Topliss-reactive ketones (excluding diaryl/α,β-unsaturated/α-hetero) is 1. The van der Waals surface area contributed by atoms with E-state index in [4.69, 9.17) is 17.3 Å². The molecule has 0 saturated carbocycles. The van der Waals surface area contributed by atoms with Crippen LogP contribution in [-0.4, -0.2) is 20.1 Å². The zero-order valence-corrected chi connectivity index (χ0v) is 18.1. The van der Waals surface area contributed by atoms with Gasteiger partial charge in [-0.1, -0.05) is 76.6 Å². The third-order valence-corrected chi connectivity index (χ3v) is 5.57. The molecule has 29 heavy (non-hydrogen) atoms. The zero-order chi connectivity index (χ0) is 20.4. The van der Waals surface area contributed by atoms with E-state index in [0.717, 1.165) is 15.7 Å². The first-order valence-corrected chi connectivity index (χ1v) is 10.4. The molecule has 3 aromatic carbocycles. The Hall–Kier alpha value is -2.83. The summed E-state index contributed by atoms with van der Waals surface area (Å²) >= 11 is 9.30. The number of benzene rings is 3. The van der Waals surface area contributed by atoms with E-state index in [1.54, 1.807) is 4.68 Å². The molecular weight excluding hydrogens is 446 g/mol. The molecular formula is C23H18BrN3OS. The van der Waals surface area contributed by atoms with Crippen LogP contribution in [0.5, 0.6) is 0 Å². The number of aromatic nitrogens is 3. The van der Waals surface area contributed by atoms with Gasteiger partial charge in [-0.05, 0) is 43.4 Å². The van der Waals surface area contributed by atoms with Crippen molar-refractivity contribution in [1.82, 2.24) is 14.3 Å². The van der Waals surface area contributed by atoms with Crippen LogP contribution in [0.25, 0.3) is 17.1 Å². The Bertz CT molecular complexity index is 1220. The lowest BCUT2D eigenvalue weighted by Crippen LogP contribution is -2.18. The first-order chi connectivity index (χ1) is 14.1. The number of hydrogen-bond acceptors (Lipinski definition) is 3. The Kier molecular flexibility index (Phi) is 5.56. The van der Waals surface area contributed by atoms with Crippen molar-refractivity contribution in [3.8, 4) is 17.1 Å². The minimum absolute atomic E-state index is 0.0276. The summed E-state index contributed by atoms with van der Waals surface area (Å²) in [6.07, 6.45) is 0. The Balaban J connectivity index is 1.88. The summed E-state index contributed by atoms with van der Waals surface area (Å²) in [6.45, 7) is 1.83. The number of nitrogens with zero attached hydrogens (tertiary/aromatic N) is 3. The summed E-state index contributed by atoms with van der Waals surface area (Å²) in [7, 11) is 0. The molecule has 1 atom stereocenters. The van der Waals surface area contributed by atoms with Gasteiger partial charge >= 0.3 is 0 Å². The highest BCUT2D eigenvalue weighted by Gasteiger charge is 2.23. The van der Waals surface area contributed by atoms with Gasteiger partial charge in [0.05, 0.1) is 0 Å². The van der Waals surface area contributed by atoms with Crippen LogP contribution in [0.1, 0.15) is 23.3 Å². The molecule has 0 bridgehead atoms. The molecule has 0 N–H and O–H groups in total. The Morgan fingerprint density at radius 3 is 2.28 bits per heavy atom. The summed E-state index contributed by atoms with van der Waals surface area (Å²) in [6, 6.07) is 26.4. The highest BCUT2D eigenvalue weighted by Crippen LogP contribution is 2.27. The number of rotatable bonds is 5. The largest absolute Gasteiger partial charge is 0.292 e. The van der Waals surface area contributed by atoms with Crippen LogP contribution >= 0.6 is 28.1 Å². The smallest absolute Gasteiger partial charge is 0.203 e. The molecule has 0 aliphatic rings. The maximum Gasteiger partial charge on any atom is 0.203 e. The second-order valence-electron chi connectivity index (χ2n) is 6.64. The van der Waals surface area contributed by atoms with Crippen molar-refractivity contribution in [2.75, 3.05) is 0 Å². The van der Waals surface area contributed by atoms with Gasteiger partial charge in [-0.25, -0.2) is 4.68 Å². The van der Waals surface area contributed by atoms with Crippen LogP contribution < -0.4 is 0 Å². The quantitative estimate of drug-likeness (QED) is 0.258. The van der Waals surface area contributed by atoms with Crippen LogP contribution in [-0.2, 0) is 0 Å². The topological polar surface area (TPSA) is 39.8 Å². The number of hydrogen-bond donors (Lipinski definition) is 0. The van der Waals surface area contributed by atoms with Gasteiger partial charge in [-0.2, -0.15) is 5.10 Å². The fourth-order valence-electron chi connectivity index (χ4n) is 3.21. The average molecular weight is 464 g/mol. The second kappa shape index (κ2) is 8.27. The fraction of sp³-hybridized carbons (Fsp3) is 0.0870. The molecule has 0 aliphatic heterocycles. The molecule has 0 amide bonds. The molecule has 0 unspecified atom stereocenters. The van der Waals surface area contributed by atoms with E-state index >= 15 is 0 Å². The van der Waals surface area contributed by atoms with Gasteiger partial charge in [0, 0.05) is 21.3 Å². The van der Waals surface area contributed by atoms with Gasteiger partial charge in [-0.15, -0.1) is 0 Å². The lowest BCUT2D eigenvalue weighted by atomic mass is 10.1. The summed E-state index contributed by atoms with van der Waals surface area (Å²) in [5.74, 6) is 0.662. The zero-order valence-electron chi connectivity index (χ0n) is 15.7. The predicted octanol–water partition coefficient (Wildman–Crippen LogP) is 6.28. The SMILES string of the molecule is C[C@@H](C(=O)c1ccccc1)n1nc(-c2cccc(Br)c2)n(-c2ccccc2)c1=S. The first-order valence-electron chi connectivity index (χ1n) is 9.18. The van der Waals surface area contributed by atoms with Gasteiger partial charge in [0.25, 0.3) is 0 Å². The van der Waals surface area contributed by atoms with Crippen molar-refractivity contribution in [1.29, 1.82) is 0 Å². The molecule has 0 saturated heterocycles. The molecule has 4 rings (SSSR count). The van der Waals surface area contributed by atoms with Gasteiger partial charge < -0.3 is 0 Å². The molecule has 6 heteroatoms. The minimum atomic E-state index is -0.527. The van der Waals surface area contributed by atoms with Crippen LogP contribution in [0.2, 0.25) is 0 Å². The summed E-state index contributed by atoms with van der Waals surface area (Å²) in [5.41, 5.74) is 2.45. The predicted molar refractivity (Wildman–Crippen MR) is 121 cm³/mol. The monoisotopic (exact) mass is 463 g/mol. The number of carbonyl (C=O) groups is 1. The lowest BCUT2D eigenvalue weighted by molar-refractivity contribution is 0.0927. The fourth-order valence-corrected chi connectivity index (χ4v) is 4.00. The van der Waals surface area contributed by atoms with Crippen LogP contribution in [0.15, 0.2) is 89.4 Å². The van der Waals surface area contributed by atoms with Crippen molar-refractivity contribution < 1.29 is 4.79 Å². The van der Waals surface area contributed by atoms with Gasteiger partial charge in [-0.3, -0.25) is 9.36 Å². The molecule has 4 nitrogen and oxygen atoms in total. The van der Waals surface area contributed by atoms with E-state index in [-0.39, 0.29) is 5.78 Å². The van der Waals surface area contributed by atoms with Crippen molar-refractivity contribution >= 4 is 33.9 Å². The minimum Gasteiger partial charge on any atom is -0.292 e. The van der Waals surface area contributed by atoms with E-state index in [9.17, 15) is 4.79 Å². The van der Waals surface area contributed by atoms with E-state index in [0.29, 0.717) is 16.2 Å². The highest BCUT2D eigenvalue weighted by atomic mass is 79.9. The number of para-hydroxylation sites is 1. The third-order valence-electron chi connectivity index (χ3n) is 4.70. The van der Waals surface area contributed by atoms with E-state index < -0.39 is 6.04 Å². The normalized spacial score (nSPS) is 11.9. The van der Waals surface area contributed by atoms with Crippen molar-refractivity contribution in [2.45, 2.75) is 13.0 Å². The van der Waals surface area contributed by atoms with Crippen molar-refractivity contribution in [2.24, 2.45) is 0 Å². The number of ketones is 1. The molecule has 0 aliphatic carbocycles.